The third-order valence-electron chi connectivity index (χ3n) is 2.52. The first-order valence-corrected chi connectivity index (χ1v) is 5.85. The van der Waals surface area contributed by atoms with Crippen molar-refractivity contribution in [1.82, 2.24) is 10.3 Å². The average molecular weight is 273 g/mol. The number of rotatable bonds is 4. The Bertz CT molecular complexity index is 558. The number of pyridine rings is 1. The molecule has 104 valence electrons. The predicted octanol–water partition coefficient (Wildman–Crippen LogP) is 2.10. The second-order valence-electron chi connectivity index (χ2n) is 3.99. The summed E-state index contributed by atoms with van der Waals surface area (Å²) in [5.74, 6) is 0. The smallest absolute Gasteiger partial charge is 0.319 e. The minimum atomic E-state index is -0.371. The van der Waals surface area contributed by atoms with Gasteiger partial charge in [0.15, 0.2) is 0 Å². The van der Waals surface area contributed by atoms with E-state index in [9.17, 15) is 10.0 Å². The quantitative estimate of drug-likeness (QED) is 0.740. The topological polar surface area (TPSA) is 101 Å². The highest BCUT2D eigenvalue weighted by Gasteiger charge is 2.02. The van der Waals surface area contributed by atoms with Crippen LogP contribution in [-0.2, 0) is 6.54 Å². The van der Waals surface area contributed by atoms with Gasteiger partial charge in [0.25, 0.3) is 0 Å². The molecule has 1 aromatic carbocycles. The van der Waals surface area contributed by atoms with Crippen LogP contribution < -0.4 is 15.9 Å². The molecule has 7 heteroatoms. The summed E-state index contributed by atoms with van der Waals surface area (Å²) in [5, 5.41) is 24.3. The lowest BCUT2D eigenvalue weighted by atomic mass is 10.3. The Morgan fingerprint density at radius 1 is 1.30 bits per heavy atom. The van der Waals surface area contributed by atoms with Crippen molar-refractivity contribution in [2.45, 2.75) is 6.54 Å². The van der Waals surface area contributed by atoms with Gasteiger partial charge in [-0.15, -0.1) is 0 Å². The van der Waals surface area contributed by atoms with Crippen LogP contribution in [0, 0.1) is 5.21 Å². The van der Waals surface area contributed by atoms with Crippen molar-refractivity contribution >= 4 is 17.4 Å². The number of anilines is 2. The summed E-state index contributed by atoms with van der Waals surface area (Å²) in [7, 11) is 0. The van der Waals surface area contributed by atoms with Gasteiger partial charge >= 0.3 is 6.03 Å². The predicted molar refractivity (Wildman–Crippen MR) is 74.2 cm³/mol. The van der Waals surface area contributed by atoms with Gasteiger partial charge in [0, 0.05) is 24.6 Å². The van der Waals surface area contributed by atoms with E-state index in [0.717, 1.165) is 5.56 Å². The van der Waals surface area contributed by atoms with E-state index in [4.69, 9.17) is 5.21 Å². The first-order valence-electron chi connectivity index (χ1n) is 5.85. The van der Waals surface area contributed by atoms with Crippen LogP contribution in [-0.4, -0.2) is 16.2 Å². The zero-order chi connectivity index (χ0) is 14.4. The Balaban J connectivity index is 1.85. The molecular weight excluding hydrogens is 260 g/mol. The van der Waals surface area contributed by atoms with Crippen LogP contribution in [0.2, 0.25) is 0 Å². The highest BCUT2D eigenvalue weighted by Crippen LogP contribution is 2.15. The molecule has 1 heterocycles. The largest absolute Gasteiger partial charge is 0.733 e. The van der Waals surface area contributed by atoms with Crippen molar-refractivity contribution in [2.24, 2.45) is 0 Å². The van der Waals surface area contributed by atoms with E-state index in [1.54, 1.807) is 18.5 Å². The molecule has 0 bridgehead atoms. The van der Waals surface area contributed by atoms with E-state index in [-0.39, 0.29) is 16.9 Å². The zero-order valence-electron chi connectivity index (χ0n) is 10.5. The van der Waals surface area contributed by atoms with E-state index in [1.807, 2.05) is 6.07 Å². The summed E-state index contributed by atoms with van der Waals surface area (Å²) < 4.78 is 0. The normalized spacial score (nSPS) is 9.90. The maximum absolute atomic E-state index is 11.6. The molecule has 0 radical (unpaired) electrons. The maximum Gasteiger partial charge on any atom is 0.319 e. The number of nitrogens with zero attached hydrogens (tertiary/aromatic N) is 2. The molecule has 0 saturated heterocycles. The van der Waals surface area contributed by atoms with Gasteiger partial charge in [-0.1, -0.05) is 6.07 Å². The third kappa shape index (κ3) is 3.94. The Morgan fingerprint density at radius 2 is 2.05 bits per heavy atom. The molecule has 2 aromatic rings. The monoisotopic (exact) mass is 273 g/mol. The minimum Gasteiger partial charge on any atom is -0.733 e. The maximum atomic E-state index is 11.6. The summed E-state index contributed by atoms with van der Waals surface area (Å²) in [5.41, 5.74) is 1.49. The Kier molecular flexibility index (Phi) is 4.48. The Labute approximate surface area is 115 Å². The summed E-state index contributed by atoms with van der Waals surface area (Å²) >= 11 is 0. The number of aromatic nitrogens is 1. The second kappa shape index (κ2) is 6.50. The van der Waals surface area contributed by atoms with Crippen molar-refractivity contribution in [3.8, 4) is 0 Å². The van der Waals surface area contributed by atoms with Crippen LogP contribution in [0.4, 0.5) is 16.2 Å². The second-order valence-corrected chi connectivity index (χ2v) is 3.99. The van der Waals surface area contributed by atoms with Crippen LogP contribution in [0.3, 0.4) is 0 Å². The van der Waals surface area contributed by atoms with Crippen molar-refractivity contribution < 1.29 is 10.0 Å². The molecule has 0 aliphatic heterocycles. The summed E-state index contributed by atoms with van der Waals surface area (Å²) in [6, 6.07) is 9.08. The molecule has 7 nitrogen and oxygen atoms in total. The number of hydrogen-bond donors (Lipinski definition) is 3. The minimum absolute atomic E-state index is 0.0892. The van der Waals surface area contributed by atoms with Crippen LogP contribution in [0.1, 0.15) is 5.56 Å². The van der Waals surface area contributed by atoms with Gasteiger partial charge in [-0.3, -0.25) is 10.2 Å². The molecule has 2 rings (SSSR count). The van der Waals surface area contributed by atoms with Gasteiger partial charge in [-0.2, -0.15) is 0 Å². The first-order chi connectivity index (χ1) is 9.65. The zero-order valence-corrected chi connectivity index (χ0v) is 10.5. The van der Waals surface area contributed by atoms with E-state index in [0.29, 0.717) is 12.2 Å². The molecular formula is C13H13N4O3-. The van der Waals surface area contributed by atoms with Crippen LogP contribution in [0.5, 0.6) is 0 Å². The molecule has 0 atom stereocenters. The molecule has 2 amide bonds. The lowest BCUT2D eigenvalue weighted by molar-refractivity contribution is 0.251. The molecule has 20 heavy (non-hydrogen) atoms. The summed E-state index contributed by atoms with van der Waals surface area (Å²) in [6.07, 6.45) is 3.32. The molecule has 0 unspecified atom stereocenters. The number of urea groups is 1. The van der Waals surface area contributed by atoms with Crippen LogP contribution in [0.15, 0.2) is 48.8 Å². The van der Waals surface area contributed by atoms with Gasteiger partial charge in [0.1, 0.15) is 0 Å². The standard InChI is InChI=1S/C13H13N4O3/c18-13(15-9-10-2-1-7-14-8-10)16-11-3-5-12(6-4-11)17(19)20/h1-8,19H,9H2,(H2,15,16,18)/q-1. The highest BCUT2D eigenvalue weighted by atomic mass is 16.8. The Morgan fingerprint density at radius 3 is 2.65 bits per heavy atom. The number of carbonyl (C=O) groups is 1. The van der Waals surface area contributed by atoms with Gasteiger partial charge in [0.05, 0.1) is 5.69 Å². The number of hydrogen-bond acceptors (Lipinski definition) is 5. The lowest BCUT2D eigenvalue weighted by Gasteiger charge is -2.21. The van der Waals surface area contributed by atoms with Gasteiger partial charge in [-0.05, 0) is 35.9 Å². The highest BCUT2D eigenvalue weighted by molar-refractivity contribution is 5.89. The SMILES string of the molecule is O=C(NCc1cccnc1)Nc1ccc(N([O-])O)cc1. The van der Waals surface area contributed by atoms with Gasteiger partial charge < -0.3 is 21.1 Å². The van der Waals surface area contributed by atoms with Crippen molar-refractivity contribution in [2.75, 3.05) is 10.5 Å². The third-order valence-corrected chi connectivity index (χ3v) is 2.52. The number of nitrogens with one attached hydrogen (secondary N) is 2. The number of carbonyl (C=O) groups excluding carboxylic acids is 1. The molecule has 0 saturated carbocycles. The average Bonchev–Trinajstić information content (AvgIpc) is 2.47. The fourth-order valence-corrected chi connectivity index (χ4v) is 1.53. The molecule has 0 fully saturated rings. The first kappa shape index (κ1) is 13.8. The van der Waals surface area contributed by atoms with E-state index >= 15 is 0 Å². The molecule has 0 spiro atoms. The van der Waals surface area contributed by atoms with Gasteiger partial charge in [0.2, 0.25) is 0 Å². The molecule has 0 aliphatic carbocycles. The van der Waals surface area contributed by atoms with E-state index in [2.05, 4.69) is 15.6 Å². The lowest BCUT2D eigenvalue weighted by Crippen LogP contribution is -2.28. The fraction of sp³-hybridized carbons (Fsp3) is 0.0769. The van der Waals surface area contributed by atoms with E-state index < -0.39 is 0 Å². The van der Waals surface area contributed by atoms with Crippen LogP contribution in [0.25, 0.3) is 0 Å². The van der Waals surface area contributed by atoms with E-state index in [1.165, 1.54) is 24.3 Å². The van der Waals surface area contributed by atoms with Crippen molar-refractivity contribution in [1.29, 1.82) is 0 Å². The Hall–Kier alpha value is -2.64. The van der Waals surface area contributed by atoms with Crippen LogP contribution >= 0.6 is 0 Å². The summed E-state index contributed by atoms with van der Waals surface area (Å²) in [4.78, 5) is 15.6. The number of benzene rings is 1. The molecule has 1 aromatic heterocycles. The van der Waals surface area contributed by atoms with Gasteiger partial charge in [-0.25, -0.2) is 4.79 Å². The number of amides is 2. The van der Waals surface area contributed by atoms with Crippen molar-refractivity contribution in [3.05, 3.63) is 59.6 Å². The fourth-order valence-electron chi connectivity index (χ4n) is 1.53. The summed E-state index contributed by atoms with van der Waals surface area (Å²) in [6.45, 7) is 0.364. The van der Waals surface area contributed by atoms with Crippen molar-refractivity contribution in [3.63, 3.8) is 0 Å². The molecule has 0 aliphatic rings. The molecule has 3 N–H and O–H groups in total.